The lowest BCUT2D eigenvalue weighted by Gasteiger charge is -2.22. The number of hydrogen-bond donors (Lipinski definition) is 2. The average Bonchev–Trinajstić information content (AvgIpc) is 2.89. The first kappa shape index (κ1) is 14.4. The first-order valence-corrected chi connectivity index (χ1v) is 7.09. The molecule has 0 aliphatic heterocycles. The van der Waals surface area contributed by atoms with Crippen LogP contribution in [0.25, 0.3) is 0 Å². The van der Waals surface area contributed by atoms with Crippen LogP contribution in [0.15, 0.2) is 18.2 Å². The number of hydrogen-bond acceptors (Lipinski definition) is 3. The Balaban J connectivity index is 1.93. The SMILES string of the molecule is Cc1cccc(NCC(=O)NC2(C#N)CCCC2)c1C. The van der Waals surface area contributed by atoms with Crippen molar-refractivity contribution >= 4 is 11.6 Å². The van der Waals surface area contributed by atoms with Gasteiger partial charge in [-0.05, 0) is 56.7 Å². The Morgan fingerprint density at radius 2 is 2.05 bits per heavy atom. The fraction of sp³-hybridized carbons (Fsp3) is 0.500. The van der Waals surface area contributed by atoms with E-state index in [1.54, 1.807) is 0 Å². The zero-order valence-corrected chi connectivity index (χ0v) is 12.1. The fourth-order valence-corrected chi connectivity index (χ4v) is 2.67. The largest absolute Gasteiger partial charge is 0.376 e. The van der Waals surface area contributed by atoms with Crippen molar-refractivity contribution in [3.63, 3.8) is 0 Å². The highest BCUT2D eigenvalue weighted by Crippen LogP contribution is 2.28. The van der Waals surface area contributed by atoms with Gasteiger partial charge in [-0.25, -0.2) is 0 Å². The number of carbonyl (C=O) groups excluding carboxylic acids is 1. The minimum atomic E-state index is -0.638. The van der Waals surface area contributed by atoms with Gasteiger partial charge in [-0.1, -0.05) is 12.1 Å². The molecule has 0 unspecified atom stereocenters. The van der Waals surface area contributed by atoms with E-state index in [4.69, 9.17) is 0 Å². The molecular formula is C16H21N3O. The highest BCUT2D eigenvalue weighted by Gasteiger charge is 2.35. The van der Waals surface area contributed by atoms with Crippen LogP contribution in [0.4, 0.5) is 5.69 Å². The number of amides is 1. The smallest absolute Gasteiger partial charge is 0.240 e. The van der Waals surface area contributed by atoms with Crippen LogP contribution < -0.4 is 10.6 Å². The average molecular weight is 271 g/mol. The van der Waals surface area contributed by atoms with Crippen LogP contribution in [0, 0.1) is 25.2 Å². The van der Waals surface area contributed by atoms with Crippen LogP contribution in [-0.4, -0.2) is 18.0 Å². The van der Waals surface area contributed by atoms with Crippen molar-refractivity contribution in [1.29, 1.82) is 5.26 Å². The number of nitrogens with zero attached hydrogens (tertiary/aromatic N) is 1. The van der Waals surface area contributed by atoms with Crippen molar-refractivity contribution < 1.29 is 4.79 Å². The summed E-state index contributed by atoms with van der Waals surface area (Å²) in [5.74, 6) is -0.116. The van der Waals surface area contributed by atoms with E-state index in [0.717, 1.165) is 36.9 Å². The molecule has 0 heterocycles. The molecule has 4 nitrogen and oxygen atoms in total. The molecule has 0 atom stereocenters. The minimum Gasteiger partial charge on any atom is -0.376 e. The highest BCUT2D eigenvalue weighted by atomic mass is 16.2. The van der Waals surface area contributed by atoms with Gasteiger partial charge in [0.2, 0.25) is 5.91 Å². The number of aryl methyl sites for hydroxylation is 1. The van der Waals surface area contributed by atoms with E-state index in [2.05, 4.69) is 16.7 Å². The third-order valence-corrected chi connectivity index (χ3v) is 4.09. The second-order valence-electron chi connectivity index (χ2n) is 5.55. The molecule has 1 saturated carbocycles. The van der Waals surface area contributed by atoms with Crippen LogP contribution >= 0.6 is 0 Å². The summed E-state index contributed by atoms with van der Waals surface area (Å²) in [5.41, 5.74) is 2.67. The van der Waals surface area contributed by atoms with Gasteiger partial charge in [0, 0.05) is 5.69 Å². The molecule has 1 aliphatic rings. The van der Waals surface area contributed by atoms with E-state index in [1.807, 2.05) is 32.0 Å². The Morgan fingerprint density at radius 3 is 2.70 bits per heavy atom. The van der Waals surface area contributed by atoms with E-state index in [9.17, 15) is 10.1 Å². The van der Waals surface area contributed by atoms with E-state index in [-0.39, 0.29) is 12.5 Å². The van der Waals surface area contributed by atoms with Crippen molar-refractivity contribution in [2.24, 2.45) is 0 Å². The number of benzene rings is 1. The Bertz CT molecular complexity index is 539. The quantitative estimate of drug-likeness (QED) is 0.885. The molecule has 1 fully saturated rings. The third-order valence-electron chi connectivity index (χ3n) is 4.09. The van der Waals surface area contributed by atoms with Gasteiger partial charge in [0.25, 0.3) is 0 Å². The molecule has 0 saturated heterocycles. The van der Waals surface area contributed by atoms with Crippen molar-refractivity contribution in [2.75, 3.05) is 11.9 Å². The number of nitrogens with one attached hydrogen (secondary N) is 2. The number of carbonyl (C=O) groups is 1. The predicted octanol–water partition coefficient (Wildman–Crippen LogP) is 2.67. The van der Waals surface area contributed by atoms with E-state index < -0.39 is 5.54 Å². The Morgan fingerprint density at radius 1 is 1.35 bits per heavy atom. The van der Waals surface area contributed by atoms with E-state index in [1.165, 1.54) is 5.56 Å². The summed E-state index contributed by atoms with van der Waals surface area (Å²) in [4.78, 5) is 12.0. The maximum absolute atomic E-state index is 12.0. The number of anilines is 1. The fourth-order valence-electron chi connectivity index (χ4n) is 2.67. The zero-order chi connectivity index (χ0) is 14.6. The predicted molar refractivity (Wildman–Crippen MR) is 79.4 cm³/mol. The van der Waals surface area contributed by atoms with Crippen LogP contribution in [0.3, 0.4) is 0 Å². The summed E-state index contributed by atoms with van der Waals surface area (Å²) in [6.07, 6.45) is 3.55. The lowest BCUT2D eigenvalue weighted by Crippen LogP contribution is -2.47. The molecule has 1 aromatic rings. The topological polar surface area (TPSA) is 64.9 Å². The Hall–Kier alpha value is -2.02. The lowest BCUT2D eigenvalue weighted by molar-refractivity contribution is -0.120. The Kier molecular flexibility index (Phi) is 4.29. The van der Waals surface area contributed by atoms with Gasteiger partial charge in [0.05, 0.1) is 12.6 Å². The first-order valence-electron chi connectivity index (χ1n) is 7.09. The summed E-state index contributed by atoms with van der Waals surface area (Å²) < 4.78 is 0. The van der Waals surface area contributed by atoms with E-state index in [0.29, 0.717) is 0 Å². The molecular weight excluding hydrogens is 250 g/mol. The molecule has 0 bridgehead atoms. The summed E-state index contributed by atoms with van der Waals surface area (Å²) in [7, 11) is 0. The van der Waals surface area contributed by atoms with Crippen molar-refractivity contribution in [3.05, 3.63) is 29.3 Å². The molecule has 1 aromatic carbocycles. The van der Waals surface area contributed by atoms with Crippen molar-refractivity contribution in [1.82, 2.24) is 5.32 Å². The molecule has 2 N–H and O–H groups in total. The van der Waals surface area contributed by atoms with Gasteiger partial charge in [-0.3, -0.25) is 4.79 Å². The second kappa shape index (κ2) is 5.96. The molecule has 2 rings (SSSR count). The monoisotopic (exact) mass is 271 g/mol. The van der Waals surface area contributed by atoms with Crippen LogP contribution in [0.5, 0.6) is 0 Å². The van der Waals surface area contributed by atoms with Gasteiger partial charge in [-0.2, -0.15) is 5.26 Å². The van der Waals surface area contributed by atoms with Crippen LogP contribution in [-0.2, 0) is 4.79 Å². The molecule has 20 heavy (non-hydrogen) atoms. The maximum Gasteiger partial charge on any atom is 0.240 e. The normalized spacial score (nSPS) is 16.4. The minimum absolute atomic E-state index is 0.116. The van der Waals surface area contributed by atoms with Gasteiger partial charge in [-0.15, -0.1) is 0 Å². The molecule has 1 amide bonds. The summed E-state index contributed by atoms with van der Waals surface area (Å²) in [6, 6.07) is 8.24. The molecule has 1 aliphatic carbocycles. The summed E-state index contributed by atoms with van der Waals surface area (Å²) in [5, 5.41) is 15.3. The molecule has 106 valence electrons. The number of rotatable bonds is 4. The van der Waals surface area contributed by atoms with Gasteiger partial charge in [0.1, 0.15) is 5.54 Å². The second-order valence-corrected chi connectivity index (χ2v) is 5.55. The molecule has 0 aromatic heterocycles. The standard InChI is InChI=1S/C16H21N3O/c1-12-6-5-7-14(13(12)2)18-10-15(20)19-16(11-17)8-3-4-9-16/h5-7,18H,3-4,8-10H2,1-2H3,(H,19,20). The van der Waals surface area contributed by atoms with Gasteiger partial charge < -0.3 is 10.6 Å². The summed E-state index contributed by atoms with van der Waals surface area (Å²) in [6.45, 7) is 4.28. The Labute approximate surface area is 120 Å². The lowest BCUT2D eigenvalue weighted by atomic mass is 10.00. The van der Waals surface area contributed by atoms with Crippen LogP contribution in [0.1, 0.15) is 36.8 Å². The molecule has 4 heteroatoms. The molecule has 0 radical (unpaired) electrons. The van der Waals surface area contributed by atoms with E-state index >= 15 is 0 Å². The van der Waals surface area contributed by atoms with Crippen LogP contribution in [0.2, 0.25) is 0 Å². The highest BCUT2D eigenvalue weighted by molar-refractivity contribution is 5.82. The number of nitriles is 1. The van der Waals surface area contributed by atoms with Crippen molar-refractivity contribution in [3.8, 4) is 6.07 Å². The van der Waals surface area contributed by atoms with Gasteiger partial charge in [0.15, 0.2) is 0 Å². The van der Waals surface area contributed by atoms with Gasteiger partial charge >= 0.3 is 0 Å². The van der Waals surface area contributed by atoms with Crippen molar-refractivity contribution in [2.45, 2.75) is 45.1 Å². The summed E-state index contributed by atoms with van der Waals surface area (Å²) >= 11 is 0. The third kappa shape index (κ3) is 3.11. The maximum atomic E-state index is 12.0. The first-order chi connectivity index (χ1) is 9.56. The molecule has 0 spiro atoms. The zero-order valence-electron chi connectivity index (χ0n) is 12.1.